The molecule has 0 aromatic heterocycles. The summed E-state index contributed by atoms with van der Waals surface area (Å²) < 4.78 is 0. The molecule has 0 radical (unpaired) electrons. The van der Waals surface area contributed by atoms with Crippen molar-refractivity contribution in [1.29, 1.82) is 0 Å². The van der Waals surface area contributed by atoms with Crippen LogP contribution >= 0.6 is 0 Å². The first-order chi connectivity index (χ1) is 8.70. The van der Waals surface area contributed by atoms with Crippen molar-refractivity contribution < 1.29 is 9.90 Å². The molecule has 1 saturated carbocycles. The Hall–Kier alpha value is -1.35. The predicted molar refractivity (Wildman–Crippen MR) is 72.9 cm³/mol. The molecule has 98 valence electrons. The Balaban J connectivity index is 2.01. The zero-order valence-corrected chi connectivity index (χ0v) is 10.9. The minimum absolute atomic E-state index is 0.0902. The predicted octanol–water partition coefficient (Wildman–Crippen LogP) is 2.85. The average molecular weight is 247 g/mol. The monoisotopic (exact) mass is 247 g/mol. The molecule has 0 heterocycles. The molecule has 3 heteroatoms. The molecular weight excluding hydrogens is 226 g/mol. The third-order valence-electron chi connectivity index (χ3n) is 3.79. The zero-order chi connectivity index (χ0) is 13.0. The Kier molecular flexibility index (Phi) is 4.37. The van der Waals surface area contributed by atoms with E-state index in [2.05, 4.69) is 5.32 Å². The SMILES string of the molecule is CC(=O)c1ccc(NC2CCCCC2CO)cc1. The molecule has 2 unspecified atom stereocenters. The van der Waals surface area contributed by atoms with Crippen LogP contribution in [0.3, 0.4) is 0 Å². The number of anilines is 1. The van der Waals surface area contributed by atoms with Crippen molar-refractivity contribution in [3.8, 4) is 0 Å². The minimum atomic E-state index is 0.0902. The van der Waals surface area contributed by atoms with E-state index in [4.69, 9.17) is 0 Å². The van der Waals surface area contributed by atoms with Crippen LogP contribution in [-0.2, 0) is 0 Å². The first-order valence-corrected chi connectivity index (χ1v) is 6.69. The Labute approximate surface area is 108 Å². The number of carbonyl (C=O) groups is 1. The molecule has 0 aliphatic heterocycles. The number of rotatable bonds is 4. The molecule has 2 rings (SSSR count). The van der Waals surface area contributed by atoms with Crippen molar-refractivity contribution in [3.05, 3.63) is 29.8 Å². The van der Waals surface area contributed by atoms with E-state index in [0.717, 1.165) is 24.1 Å². The van der Waals surface area contributed by atoms with E-state index in [-0.39, 0.29) is 12.4 Å². The number of benzene rings is 1. The molecule has 1 fully saturated rings. The lowest BCUT2D eigenvalue weighted by Crippen LogP contribution is -2.34. The highest BCUT2D eigenvalue weighted by atomic mass is 16.3. The lowest BCUT2D eigenvalue weighted by atomic mass is 9.85. The molecule has 0 amide bonds. The molecule has 0 saturated heterocycles. The maximum Gasteiger partial charge on any atom is 0.159 e. The molecule has 0 bridgehead atoms. The van der Waals surface area contributed by atoms with Crippen molar-refractivity contribution in [2.24, 2.45) is 5.92 Å². The largest absolute Gasteiger partial charge is 0.396 e. The Bertz CT molecular complexity index is 399. The summed E-state index contributed by atoms with van der Waals surface area (Å²) in [7, 11) is 0. The summed E-state index contributed by atoms with van der Waals surface area (Å²) in [6, 6.07) is 7.94. The fraction of sp³-hybridized carbons (Fsp3) is 0.533. The number of Topliss-reactive ketones (excluding diaryl/α,β-unsaturated/α-hetero) is 1. The number of ketones is 1. The fourth-order valence-electron chi connectivity index (χ4n) is 2.63. The first-order valence-electron chi connectivity index (χ1n) is 6.69. The van der Waals surface area contributed by atoms with Gasteiger partial charge in [0.2, 0.25) is 0 Å². The average Bonchev–Trinajstić information content (AvgIpc) is 2.40. The molecule has 0 spiro atoms. The van der Waals surface area contributed by atoms with Gasteiger partial charge in [-0.2, -0.15) is 0 Å². The maximum absolute atomic E-state index is 11.2. The van der Waals surface area contributed by atoms with Gasteiger partial charge < -0.3 is 10.4 Å². The number of aliphatic hydroxyl groups is 1. The second-order valence-electron chi connectivity index (χ2n) is 5.11. The summed E-state index contributed by atoms with van der Waals surface area (Å²) in [5.74, 6) is 0.443. The number of hydrogen-bond acceptors (Lipinski definition) is 3. The van der Waals surface area contributed by atoms with Crippen LogP contribution in [0.5, 0.6) is 0 Å². The number of hydrogen-bond donors (Lipinski definition) is 2. The van der Waals surface area contributed by atoms with Gasteiger partial charge in [0.05, 0.1) is 0 Å². The van der Waals surface area contributed by atoms with Gasteiger partial charge in [0.1, 0.15) is 0 Å². The lowest BCUT2D eigenvalue weighted by molar-refractivity contribution is 0.101. The highest BCUT2D eigenvalue weighted by Gasteiger charge is 2.24. The summed E-state index contributed by atoms with van der Waals surface area (Å²) in [5, 5.41) is 12.8. The van der Waals surface area contributed by atoms with E-state index < -0.39 is 0 Å². The van der Waals surface area contributed by atoms with E-state index in [0.29, 0.717) is 12.0 Å². The van der Waals surface area contributed by atoms with Gasteiger partial charge in [-0.1, -0.05) is 12.8 Å². The second kappa shape index (κ2) is 6.01. The van der Waals surface area contributed by atoms with E-state index in [1.54, 1.807) is 6.92 Å². The van der Waals surface area contributed by atoms with Crippen LogP contribution in [-0.4, -0.2) is 23.5 Å². The molecule has 1 aliphatic carbocycles. The quantitative estimate of drug-likeness (QED) is 0.804. The summed E-state index contributed by atoms with van der Waals surface area (Å²) in [5.41, 5.74) is 1.77. The number of aliphatic hydroxyl groups excluding tert-OH is 1. The topological polar surface area (TPSA) is 49.3 Å². The number of carbonyl (C=O) groups excluding carboxylic acids is 1. The Morgan fingerprint density at radius 2 is 1.94 bits per heavy atom. The highest BCUT2D eigenvalue weighted by Crippen LogP contribution is 2.27. The maximum atomic E-state index is 11.2. The summed E-state index contributed by atoms with van der Waals surface area (Å²) in [4.78, 5) is 11.2. The number of nitrogens with one attached hydrogen (secondary N) is 1. The van der Waals surface area contributed by atoms with Gasteiger partial charge in [-0.25, -0.2) is 0 Å². The van der Waals surface area contributed by atoms with Gasteiger partial charge >= 0.3 is 0 Å². The molecule has 1 aromatic rings. The van der Waals surface area contributed by atoms with Gasteiger partial charge in [0.15, 0.2) is 5.78 Å². The summed E-state index contributed by atoms with van der Waals surface area (Å²) in [6.45, 7) is 1.83. The van der Waals surface area contributed by atoms with E-state index >= 15 is 0 Å². The van der Waals surface area contributed by atoms with Crippen LogP contribution in [0.25, 0.3) is 0 Å². The van der Waals surface area contributed by atoms with Crippen molar-refractivity contribution >= 4 is 11.5 Å². The highest BCUT2D eigenvalue weighted by molar-refractivity contribution is 5.94. The second-order valence-corrected chi connectivity index (χ2v) is 5.11. The van der Waals surface area contributed by atoms with Gasteiger partial charge in [-0.05, 0) is 44.0 Å². The van der Waals surface area contributed by atoms with Crippen LogP contribution < -0.4 is 5.32 Å². The van der Waals surface area contributed by atoms with Crippen molar-refractivity contribution in [2.45, 2.75) is 38.6 Å². The third-order valence-corrected chi connectivity index (χ3v) is 3.79. The summed E-state index contributed by atoms with van der Waals surface area (Å²) in [6.07, 6.45) is 4.64. The molecule has 2 atom stereocenters. The van der Waals surface area contributed by atoms with Crippen LogP contribution in [0.4, 0.5) is 5.69 Å². The zero-order valence-electron chi connectivity index (χ0n) is 10.9. The van der Waals surface area contributed by atoms with Gasteiger partial charge in [-0.3, -0.25) is 4.79 Å². The molecule has 1 aliphatic rings. The van der Waals surface area contributed by atoms with Crippen LogP contribution in [0, 0.1) is 5.92 Å². The van der Waals surface area contributed by atoms with Crippen molar-refractivity contribution in [1.82, 2.24) is 0 Å². The Morgan fingerprint density at radius 1 is 1.28 bits per heavy atom. The lowest BCUT2D eigenvalue weighted by Gasteiger charge is -2.31. The van der Waals surface area contributed by atoms with Gasteiger partial charge in [0, 0.05) is 29.8 Å². The van der Waals surface area contributed by atoms with E-state index in [9.17, 15) is 9.90 Å². The molecule has 1 aromatic carbocycles. The molecule has 3 nitrogen and oxygen atoms in total. The normalized spacial score (nSPS) is 23.7. The molecule has 18 heavy (non-hydrogen) atoms. The molecular formula is C15H21NO2. The molecule has 2 N–H and O–H groups in total. The third kappa shape index (κ3) is 3.10. The van der Waals surface area contributed by atoms with Gasteiger partial charge in [0.25, 0.3) is 0 Å². The van der Waals surface area contributed by atoms with Crippen LogP contribution in [0.15, 0.2) is 24.3 Å². The first kappa shape index (κ1) is 13.1. The van der Waals surface area contributed by atoms with Crippen LogP contribution in [0.2, 0.25) is 0 Å². The van der Waals surface area contributed by atoms with E-state index in [1.165, 1.54) is 12.8 Å². The van der Waals surface area contributed by atoms with Gasteiger partial charge in [-0.15, -0.1) is 0 Å². The Morgan fingerprint density at radius 3 is 2.56 bits per heavy atom. The summed E-state index contributed by atoms with van der Waals surface area (Å²) >= 11 is 0. The standard InChI is InChI=1S/C15H21NO2/c1-11(18)12-6-8-14(9-7-12)16-15-5-3-2-4-13(15)10-17/h6-9,13,15-17H,2-5,10H2,1H3. The van der Waals surface area contributed by atoms with Crippen LogP contribution in [0.1, 0.15) is 43.0 Å². The van der Waals surface area contributed by atoms with Crippen molar-refractivity contribution in [3.63, 3.8) is 0 Å². The smallest absolute Gasteiger partial charge is 0.159 e. The van der Waals surface area contributed by atoms with E-state index in [1.807, 2.05) is 24.3 Å². The fourth-order valence-corrected chi connectivity index (χ4v) is 2.63. The minimum Gasteiger partial charge on any atom is -0.396 e. The van der Waals surface area contributed by atoms with Crippen molar-refractivity contribution in [2.75, 3.05) is 11.9 Å².